The molecular weight excluding hydrogens is 222 g/mol. The first-order chi connectivity index (χ1) is 7.59. The Bertz CT molecular complexity index is 376. The molecule has 0 aliphatic rings. The second kappa shape index (κ2) is 6.33. The third-order valence-corrected chi connectivity index (χ3v) is 3.44. The van der Waals surface area contributed by atoms with Crippen LogP contribution >= 0.6 is 11.8 Å². The van der Waals surface area contributed by atoms with Crippen LogP contribution in [-0.2, 0) is 0 Å². The predicted molar refractivity (Wildman–Crippen MR) is 68.1 cm³/mol. The molecular formula is C12H15NO2S. The molecule has 0 aliphatic carbocycles. The van der Waals surface area contributed by atoms with Crippen molar-refractivity contribution in [2.45, 2.75) is 19.8 Å². The van der Waals surface area contributed by atoms with Crippen molar-refractivity contribution in [1.82, 2.24) is 0 Å². The maximum Gasteiger partial charge on any atom is 0.243 e. The molecule has 0 aromatic heterocycles. The van der Waals surface area contributed by atoms with Gasteiger partial charge in [-0.15, -0.1) is 11.8 Å². The molecule has 0 bridgehead atoms. The zero-order valence-corrected chi connectivity index (χ0v) is 10.2. The normalized spacial score (nSPS) is 13.5. The summed E-state index contributed by atoms with van der Waals surface area (Å²) in [7, 11) is 0. The van der Waals surface area contributed by atoms with E-state index in [1.165, 1.54) is 17.3 Å². The van der Waals surface area contributed by atoms with Crippen LogP contribution in [0.15, 0.2) is 41.4 Å². The van der Waals surface area contributed by atoms with Gasteiger partial charge in [-0.25, -0.2) is 0 Å². The van der Waals surface area contributed by atoms with Crippen LogP contribution in [0.5, 0.6) is 0 Å². The van der Waals surface area contributed by atoms with E-state index in [0.717, 1.165) is 16.9 Å². The average Bonchev–Trinajstić information content (AvgIpc) is 2.26. The maximum absolute atomic E-state index is 10.2. The van der Waals surface area contributed by atoms with E-state index < -0.39 is 4.92 Å². The molecule has 1 aromatic rings. The highest BCUT2D eigenvalue weighted by molar-refractivity contribution is 8.03. The van der Waals surface area contributed by atoms with Crippen LogP contribution in [-0.4, -0.2) is 10.7 Å². The SMILES string of the molecule is C/C(=C/[N+](=O)[O-])SC[C@@H](C)c1ccccc1. The number of nitro groups is 1. The van der Waals surface area contributed by atoms with Crippen LogP contribution in [0.3, 0.4) is 0 Å². The third kappa shape index (κ3) is 4.49. The van der Waals surface area contributed by atoms with E-state index in [-0.39, 0.29) is 0 Å². The van der Waals surface area contributed by atoms with E-state index >= 15 is 0 Å². The maximum atomic E-state index is 10.2. The van der Waals surface area contributed by atoms with E-state index in [2.05, 4.69) is 19.1 Å². The molecule has 16 heavy (non-hydrogen) atoms. The van der Waals surface area contributed by atoms with Crippen molar-refractivity contribution in [3.05, 3.63) is 57.1 Å². The Labute approximate surface area is 99.7 Å². The van der Waals surface area contributed by atoms with Crippen molar-refractivity contribution in [3.8, 4) is 0 Å². The lowest BCUT2D eigenvalue weighted by molar-refractivity contribution is -0.402. The summed E-state index contributed by atoms with van der Waals surface area (Å²) in [6.07, 6.45) is 1.06. The molecule has 1 atom stereocenters. The summed E-state index contributed by atoms with van der Waals surface area (Å²) in [4.78, 5) is 10.6. The van der Waals surface area contributed by atoms with Gasteiger partial charge in [0, 0.05) is 5.75 Å². The second-order valence-electron chi connectivity index (χ2n) is 3.65. The zero-order chi connectivity index (χ0) is 12.0. The van der Waals surface area contributed by atoms with E-state index in [9.17, 15) is 10.1 Å². The number of hydrogen-bond donors (Lipinski definition) is 0. The van der Waals surface area contributed by atoms with Gasteiger partial charge in [0.1, 0.15) is 0 Å². The molecule has 4 heteroatoms. The quantitative estimate of drug-likeness (QED) is 0.579. The van der Waals surface area contributed by atoms with Gasteiger partial charge in [0.15, 0.2) is 0 Å². The largest absolute Gasteiger partial charge is 0.259 e. The van der Waals surface area contributed by atoms with E-state index in [4.69, 9.17) is 0 Å². The number of hydrogen-bond acceptors (Lipinski definition) is 3. The molecule has 0 saturated heterocycles. The molecule has 0 fully saturated rings. The van der Waals surface area contributed by atoms with Gasteiger partial charge in [0.25, 0.3) is 0 Å². The summed E-state index contributed by atoms with van der Waals surface area (Å²) in [5.74, 6) is 1.27. The summed E-state index contributed by atoms with van der Waals surface area (Å²) in [5, 5.41) is 10.2. The standard InChI is InChI=1S/C12H15NO2S/c1-10(12-6-4-3-5-7-12)9-16-11(2)8-13(14)15/h3-8,10H,9H2,1-2H3/b11-8-/t10-/m1/s1. The molecule has 0 saturated carbocycles. The molecule has 3 nitrogen and oxygen atoms in total. The molecule has 1 rings (SSSR count). The van der Waals surface area contributed by atoms with Gasteiger partial charge in [0.2, 0.25) is 6.20 Å². The number of rotatable bonds is 5. The monoisotopic (exact) mass is 237 g/mol. The van der Waals surface area contributed by atoms with Gasteiger partial charge in [-0.1, -0.05) is 37.3 Å². The molecule has 0 amide bonds. The van der Waals surface area contributed by atoms with Crippen LogP contribution in [0.2, 0.25) is 0 Å². The van der Waals surface area contributed by atoms with Gasteiger partial charge in [-0.2, -0.15) is 0 Å². The van der Waals surface area contributed by atoms with Crippen LogP contribution < -0.4 is 0 Å². The fourth-order valence-electron chi connectivity index (χ4n) is 1.32. The molecule has 1 aromatic carbocycles. The van der Waals surface area contributed by atoms with Crippen molar-refractivity contribution in [3.63, 3.8) is 0 Å². The van der Waals surface area contributed by atoms with Crippen LogP contribution in [0.1, 0.15) is 25.3 Å². The molecule has 0 heterocycles. The van der Waals surface area contributed by atoms with Crippen molar-refractivity contribution in [2.24, 2.45) is 0 Å². The van der Waals surface area contributed by atoms with Gasteiger partial charge in [-0.3, -0.25) is 10.1 Å². The summed E-state index contributed by atoms with van der Waals surface area (Å²) in [6.45, 7) is 3.90. The minimum absolute atomic E-state index is 0.404. The van der Waals surface area contributed by atoms with Crippen LogP contribution in [0.4, 0.5) is 0 Å². The van der Waals surface area contributed by atoms with Crippen LogP contribution in [0.25, 0.3) is 0 Å². The van der Waals surface area contributed by atoms with Gasteiger partial charge < -0.3 is 0 Å². The number of benzene rings is 1. The number of nitrogens with zero attached hydrogens (tertiary/aromatic N) is 1. The number of thioether (sulfide) groups is 1. The van der Waals surface area contributed by atoms with Crippen molar-refractivity contribution in [1.29, 1.82) is 0 Å². The first-order valence-electron chi connectivity index (χ1n) is 5.09. The summed E-state index contributed by atoms with van der Waals surface area (Å²) in [6, 6.07) is 10.2. The Morgan fingerprint density at radius 1 is 1.50 bits per heavy atom. The highest BCUT2D eigenvalue weighted by Gasteiger charge is 2.06. The Balaban J connectivity index is 2.48. The molecule has 0 spiro atoms. The lowest BCUT2D eigenvalue weighted by atomic mass is 10.0. The zero-order valence-electron chi connectivity index (χ0n) is 9.42. The smallest absolute Gasteiger partial charge is 0.243 e. The fraction of sp³-hybridized carbons (Fsp3) is 0.333. The Morgan fingerprint density at radius 2 is 2.12 bits per heavy atom. The Kier molecular flexibility index (Phi) is 5.05. The minimum Gasteiger partial charge on any atom is -0.259 e. The highest BCUT2D eigenvalue weighted by Crippen LogP contribution is 2.24. The minimum atomic E-state index is -0.407. The molecule has 0 radical (unpaired) electrons. The van der Waals surface area contributed by atoms with Gasteiger partial charge >= 0.3 is 0 Å². The predicted octanol–water partition coefficient (Wildman–Crippen LogP) is 3.66. The molecule has 0 aliphatic heterocycles. The second-order valence-corrected chi connectivity index (χ2v) is 4.91. The lowest BCUT2D eigenvalue weighted by Gasteiger charge is -2.10. The van der Waals surface area contributed by atoms with Crippen LogP contribution in [0, 0.1) is 10.1 Å². The topological polar surface area (TPSA) is 43.1 Å². The molecule has 86 valence electrons. The van der Waals surface area contributed by atoms with Gasteiger partial charge in [-0.05, 0) is 18.4 Å². The Hall–Kier alpha value is -1.29. The van der Waals surface area contributed by atoms with Crippen molar-refractivity contribution in [2.75, 3.05) is 5.75 Å². The summed E-state index contributed by atoms with van der Waals surface area (Å²) >= 11 is 1.53. The highest BCUT2D eigenvalue weighted by atomic mass is 32.2. The first kappa shape index (κ1) is 12.8. The fourth-order valence-corrected chi connectivity index (χ4v) is 2.19. The van der Waals surface area contributed by atoms with Crippen molar-refractivity contribution < 1.29 is 4.92 Å². The van der Waals surface area contributed by atoms with E-state index in [0.29, 0.717) is 5.92 Å². The lowest BCUT2D eigenvalue weighted by Crippen LogP contribution is -1.96. The molecule has 0 N–H and O–H groups in total. The summed E-state index contributed by atoms with van der Waals surface area (Å²) < 4.78 is 0. The first-order valence-corrected chi connectivity index (χ1v) is 6.08. The van der Waals surface area contributed by atoms with E-state index in [1.54, 1.807) is 6.92 Å². The van der Waals surface area contributed by atoms with Gasteiger partial charge in [0.05, 0.1) is 9.83 Å². The third-order valence-electron chi connectivity index (χ3n) is 2.22. The number of allylic oxidation sites excluding steroid dienone is 1. The van der Waals surface area contributed by atoms with Crippen molar-refractivity contribution >= 4 is 11.8 Å². The molecule has 0 unspecified atom stereocenters. The average molecular weight is 237 g/mol. The van der Waals surface area contributed by atoms with E-state index in [1.807, 2.05) is 18.2 Å². The summed E-state index contributed by atoms with van der Waals surface area (Å²) in [5.41, 5.74) is 1.27. The Morgan fingerprint density at radius 3 is 2.69 bits per heavy atom.